The fourth-order valence-electron chi connectivity index (χ4n) is 10.7. The van der Waals surface area contributed by atoms with Gasteiger partial charge < -0.3 is 0 Å². The molecule has 0 saturated heterocycles. The normalized spacial score (nSPS) is 21.6. The Hall–Kier alpha value is -4.94. The van der Waals surface area contributed by atoms with Gasteiger partial charge in [0.15, 0.2) is 0 Å². The molecule has 10 rings (SSSR count). The first-order valence-corrected chi connectivity index (χ1v) is 17.8. The van der Waals surface area contributed by atoms with Crippen molar-refractivity contribution in [1.29, 1.82) is 0 Å². The minimum absolute atomic E-state index is 0.348. The zero-order valence-corrected chi connectivity index (χ0v) is 28.1. The first-order valence-electron chi connectivity index (χ1n) is 17.8. The molecule has 8 aromatic rings. The van der Waals surface area contributed by atoms with Crippen molar-refractivity contribution in [2.75, 3.05) is 0 Å². The molecule has 2 aliphatic carbocycles. The molecule has 2 aliphatic rings. The van der Waals surface area contributed by atoms with Crippen LogP contribution in [0.2, 0.25) is 0 Å². The van der Waals surface area contributed by atoms with Gasteiger partial charge in [-0.3, -0.25) is 0 Å². The highest BCUT2D eigenvalue weighted by Crippen LogP contribution is 2.69. The topological polar surface area (TPSA) is 0 Å². The third-order valence-corrected chi connectivity index (χ3v) is 12.6. The Kier molecular flexibility index (Phi) is 5.88. The van der Waals surface area contributed by atoms with Gasteiger partial charge in [-0.1, -0.05) is 154 Å². The van der Waals surface area contributed by atoms with Crippen LogP contribution in [-0.2, 0) is 0 Å². The Morgan fingerprint density at radius 3 is 1.71 bits per heavy atom. The van der Waals surface area contributed by atoms with E-state index in [1.807, 2.05) is 0 Å². The minimum Gasteiger partial charge on any atom is -0.0622 e. The molecule has 0 spiro atoms. The van der Waals surface area contributed by atoms with Crippen LogP contribution in [0.1, 0.15) is 51.5 Å². The molecule has 8 aromatic carbocycles. The molecular weight excluding hydrogens is 577 g/mol. The van der Waals surface area contributed by atoms with Crippen LogP contribution in [0.3, 0.4) is 0 Å². The van der Waals surface area contributed by atoms with Gasteiger partial charge in [0.25, 0.3) is 0 Å². The highest BCUT2D eigenvalue weighted by atomic mass is 14.6. The predicted octanol–water partition coefficient (Wildman–Crippen LogP) is 13.7. The van der Waals surface area contributed by atoms with Crippen LogP contribution < -0.4 is 0 Å². The molecule has 3 atom stereocenters. The lowest BCUT2D eigenvalue weighted by molar-refractivity contribution is 0.159. The van der Waals surface area contributed by atoms with Gasteiger partial charge in [-0.05, 0) is 130 Å². The van der Waals surface area contributed by atoms with Crippen molar-refractivity contribution in [3.05, 3.63) is 145 Å². The molecule has 0 amide bonds. The smallest absolute Gasteiger partial charge is 0.00201 e. The minimum atomic E-state index is 0.348. The Labute approximate surface area is 283 Å². The Balaban J connectivity index is 1.28. The van der Waals surface area contributed by atoms with Gasteiger partial charge in [0.05, 0.1) is 0 Å². The molecule has 3 unspecified atom stereocenters. The highest BCUT2D eigenvalue weighted by Gasteiger charge is 2.57. The second kappa shape index (κ2) is 10.0. The van der Waals surface area contributed by atoms with Gasteiger partial charge >= 0.3 is 0 Å². The van der Waals surface area contributed by atoms with Gasteiger partial charge in [-0.25, -0.2) is 0 Å². The van der Waals surface area contributed by atoms with E-state index in [0.29, 0.717) is 16.7 Å². The molecule has 0 radical (unpaired) electrons. The van der Waals surface area contributed by atoms with Crippen LogP contribution in [0.4, 0.5) is 0 Å². The highest BCUT2D eigenvalue weighted by molar-refractivity contribution is 6.25. The third kappa shape index (κ3) is 3.90. The molecule has 0 nitrogen and oxygen atoms in total. The van der Waals surface area contributed by atoms with Gasteiger partial charge in [0.2, 0.25) is 0 Å². The SMILES string of the molecule is CC1(C)CC2(C)CC1CC2c1c2ccccc2cc2c1ccc1c(-c3c4ccccc4c(-c4ccccc4)c4ccccc34)cccc12. The summed E-state index contributed by atoms with van der Waals surface area (Å²) in [5.41, 5.74) is 7.60. The lowest BCUT2D eigenvalue weighted by atomic mass is 9.64. The largest absolute Gasteiger partial charge is 0.0622 e. The van der Waals surface area contributed by atoms with E-state index in [0.717, 1.165) is 5.92 Å². The van der Waals surface area contributed by atoms with E-state index < -0.39 is 0 Å². The molecule has 0 aromatic heterocycles. The number of hydrogen-bond acceptors (Lipinski definition) is 0. The predicted molar refractivity (Wildman–Crippen MR) is 207 cm³/mol. The Morgan fingerprint density at radius 2 is 1.06 bits per heavy atom. The maximum absolute atomic E-state index is 2.59. The summed E-state index contributed by atoms with van der Waals surface area (Å²) in [4.78, 5) is 0. The summed E-state index contributed by atoms with van der Waals surface area (Å²) in [7, 11) is 0. The molecular formula is C48H40. The molecule has 0 N–H and O–H groups in total. The lowest BCUT2D eigenvalue weighted by Gasteiger charge is -2.40. The van der Waals surface area contributed by atoms with Gasteiger partial charge in [-0.2, -0.15) is 0 Å². The van der Waals surface area contributed by atoms with E-state index in [1.165, 1.54) is 95.4 Å². The molecule has 2 fully saturated rings. The third-order valence-electron chi connectivity index (χ3n) is 12.6. The molecule has 2 bridgehead atoms. The molecule has 0 heterocycles. The maximum atomic E-state index is 2.59. The van der Waals surface area contributed by atoms with Crippen molar-refractivity contribution in [2.45, 2.75) is 46.0 Å². The monoisotopic (exact) mass is 616 g/mol. The average Bonchev–Trinajstić information content (AvgIpc) is 3.57. The van der Waals surface area contributed by atoms with Crippen molar-refractivity contribution < 1.29 is 0 Å². The van der Waals surface area contributed by atoms with Crippen LogP contribution in [0.25, 0.3) is 76.1 Å². The van der Waals surface area contributed by atoms with E-state index in [2.05, 4.69) is 160 Å². The first-order chi connectivity index (χ1) is 23.4. The summed E-state index contributed by atoms with van der Waals surface area (Å²) in [5.74, 6) is 1.39. The first kappa shape index (κ1) is 28.1. The van der Waals surface area contributed by atoms with Crippen LogP contribution in [-0.4, -0.2) is 0 Å². The average molecular weight is 617 g/mol. The molecule has 2 saturated carbocycles. The summed E-state index contributed by atoms with van der Waals surface area (Å²) < 4.78 is 0. The number of benzene rings is 8. The second-order valence-corrected chi connectivity index (χ2v) is 15.8. The Morgan fingerprint density at radius 1 is 0.479 bits per heavy atom. The van der Waals surface area contributed by atoms with Gasteiger partial charge in [-0.15, -0.1) is 0 Å². The van der Waals surface area contributed by atoms with E-state index in [-0.39, 0.29) is 0 Å². The Bertz CT molecular complexity index is 2530. The number of fused-ring (bicyclic) bond motifs is 8. The van der Waals surface area contributed by atoms with Crippen molar-refractivity contribution in [3.8, 4) is 22.3 Å². The van der Waals surface area contributed by atoms with Crippen molar-refractivity contribution in [1.82, 2.24) is 0 Å². The van der Waals surface area contributed by atoms with Crippen LogP contribution in [0, 0.1) is 16.7 Å². The summed E-state index contributed by atoms with van der Waals surface area (Å²) in [6.07, 6.45) is 3.97. The summed E-state index contributed by atoms with van der Waals surface area (Å²) >= 11 is 0. The number of hydrogen-bond donors (Lipinski definition) is 0. The zero-order chi connectivity index (χ0) is 32.2. The molecule has 0 aliphatic heterocycles. The van der Waals surface area contributed by atoms with Gasteiger partial charge in [0, 0.05) is 0 Å². The van der Waals surface area contributed by atoms with Crippen LogP contribution in [0.5, 0.6) is 0 Å². The standard InChI is InChI=1S/C48H40/c1-47(2)29-48(3)28-32(47)27-43(48)46-33-17-8-7-16-31(33)26-42-34-22-13-23-36(35(34)24-25-41(42)46)45-39-20-11-9-18-37(39)44(30-14-5-4-6-15-30)38-19-10-12-21-40(38)45/h4-26,32,43H,27-29H2,1-3H3. The fraction of sp³-hybridized carbons (Fsp3) is 0.208. The van der Waals surface area contributed by atoms with Gasteiger partial charge in [0.1, 0.15) is 0 Å². The summed E-state index contributed by atoms with van der Waals surface area (Å²) in [5, 5.41) is 13.6. The van der Waals surface area contributed by atoms with Crippen molar-refractivity contribution in [3.63, 3.8) is 0 Å². The molecule has 232 valence electrons. The number of rotatable bonds is 3. The van der Waals surface area contributed by atoms with Crippen molar-refractivity contribution in [2.24, 2.45) is 16.7 Å². The maximum Gasteiger partial charge on any atom is -0.00201 e. The van der Waals surface area contributed by atoms with Crippen LogP contribution >= 0.6 is 0 Å². The molecule has 48 heavy (non-hydrogen) atoms. The summed E-state index contributed by atoms with van der Waals surface area (Å²) in [6.45, 7) is 7.61. The van der Waals surface area contributed by atoms with E-state index >= 15 is 0 Å². The lowest BCUT2D eigenvalue weighted by Crippen LogP contribution is -2.29. The van der Waals surface area contributed by atoms with E-state index in [1.54, 1.807) is 5.56 Å². The zero-order valence-electron chi connectivity index (χ0n) is 28.1. The van der Waals surface area contributed by atoms with Crippen LogP contribution in [0.15, 0.2) is 140 Å². The van der Waals surface area contributed by atoms with Crippen molar-refractivity contribution >= 4 is 53.9 Å². The van der Waals surface area contributed by atoms with E-state index in [4.69, 9.17) is 0 Å². The second-order valence-electron chi connectivity index (χ2n) is 15.8. The fourth-order valence-corrected chi connectivity index (χ4v) is 10.7. The quantitative estimate of drug-likeness (QED) is 0.137. The molecule has 0 heteroatoms. The summed E-state index contributed by atoms with van der Waals surface area (Å²) in [6, 6.07) is 52.5. The van der Waals surface area contributed by atoms with E-state index in [9.17, 15) is 0 Å².